The van der Waals surface area contributed by atoms with Gasteiger partial charge in [0.15, 0.2) is 22.3 Å². The molecule has 0 spiro atoms. The van der Waals surface area contributed by atoms with Gasteiger partial charge in [0.25, 0.3) is 0 Å². The van der Waals surface area contributed by atoms with Crippen LogP contribution in [0.25, 0.3) is 77.8 Å². The lowest BCUT2D eigenvalue weighted by Crippen LogP contribution is -2.42. The number of pyridine rings is 4. The molecular weight excluding hydrogens is 1620 g/mol. The number of H-pyrrole nitrogens is 1. The van der Waals surface area contributed by atoms with E-state index in [2.05, 4.69) is 109 Å². The summed E-state index contributed by atoms with van der Waals surface area (Å²) in [4.78, 5) is 77.1. The molecule has 0 amide bonds. The van der Waals surface area contributed by atoms with Crippen LogP contribution in [0.15, 0.2) is 350 Å². The molecule has 1 radical (unpaired) electrons. The largest absolute Gasteiger partial charge is 0.569 e. The summed E-state index contributed by atoms with van der Waals surface area (Å²) >= 11 is 3.48. The standard InChI is InChI=1S/C33H26N2O3.C26H18BrNO2.C16H16N2O3.C15H14N2O3.C7H9BNO3.2CH4/c1-23-20-31(37-2)34-22-28(23)24-18-19-29-30(21-24)38-32(36)35(29)33(25-12-6-3-7-13-25,26-14-8-4-9-15-26)27-16-10-5-11-17-27;27-22-16-17-23-24(18-22)30-25(29)28(23)26(19-10-4-1-5-11-19,20-12-6-2-7-13-20)21-14-8-3-9-15-21;1-4-18-13-6-5-11(8-14(13)21-16(18)19)12-9-17-15(20-3)7-10(12)2;1-3-17-12-5-4-10(7-13(12)20-15(17)19)11-8-16-14(18)6-9(11)2;1-5-3-7(11-2)9-4-6(5)12-8-10;;/h3-22H,1-2H3;1-18H;5-9H,4H2,1-3H3;4-8H,3H2,1-2H3,(H,16,18);3-4,10H,1-2H3;2*1H4. The van der Waals surface area contributed by atoms with Crippen molar-refractivity contribution in [1.82, 2.24) is 38.2 Å². The molecule has 10 aromatic carbocycles. The molecule has 0 unspecified atom stereocenters. The first-order chi connectivity index (χ1) is 58.8. The van der Waals surface area contributed by atoms with E-state index >= 15 is 0 Å². The van der Waals surface area contributed by atoms with Gasteiger partial charge in [-0.2, -0.15) is 0 Å². The van der Waals surface area contributed by atoms with Crippen molar-refractivity contribution in [2.75, 3.05) is 21.3 Å². The highest BCUT2D eigenvalue weighted by molar-refractivity contribution is 9.10. The van der Waals surface area contributed by atoms with E-state index in [1.807, 2.05) is 236 Å². The number of fused-ring (bicyclic) bond motifs is 4. The molecular formula is C99H91BBrN8O14. The Balaban J connectivity index is 0.000000146. The van der Waals surface area contributed by atoms with Crippen LogP contribution in [0, 0.1) is 27.7 Å². The molecule has 0 saturated heterocycles. The van der Waals surface area contributed by atoms with E-state index in [4.69, 9.17) is 41.6 Å². The molecule has 24 heteroatoms. The monoisotopic (exact) mass is 1710 g/mol. The fourth-order valence-corrected chi connectivity index (χ4v) is 15.7. The molecule has 18 aromatic rings. The summed E-state index contributed by atoms with van der Waals surface area (Å²) in [6.45, 7) is 12.7. The van der Waals surface area contributed by atoms with Crippen molar-refractivity contribution in [2.24, 2.45) is 0 Å². The average Bonchev–Trinajstić information content (AvgIpc) is 1.66. The van der Waals surface area contributed by atoms with Crippen LogP contribution >= 0.6 is 15.9 Å². The Hall–Kier alpha value is -14.6. The molecule has 8 heterocycles. The van der Waals surface area contributed by atoms with Gasteiger partial charge in [0.05, 0.1) is 49.6 Å². The number of aromatic amines is 1. The number of ether oxygens (including phenoxy) is 3. The van der Waals surface area contributed by atoms with Gasteiger partial charge in [-0.25, -0.2) is 34.1 Å². The molecule has 621 valence electrons. The van der Waals surface area contributed by atoms with Gasteiger partial charge in [-0.05, 0) is 168 Å². The van der Waals surface area contributed by atoms with Crippen molar-refractivity contribution in [3.05, 3.63) is 417 Å². The summed E-state index contributed by atoms with van der Waals surface area (Å²) in [6, 6.07) is 90.6. The van der Waals surface area contributed by atoms with Gasteiger partial charge in [0.2, 0.25) is 23.2 Å². The number of rotatable bonds is 18. The van der Waals surface area contributed by atoms with Crippen LogP contribution in [0.2, 0.25) is 0 Å². The number of benzene rings is 10. The fraction of sp³-hybridized carbons (Fsp3) is 0.152. The van der Waals surface area contributed by atoms with Crippen LogP contribution in [0.5, 0.6) is 23.4 Å². The molecule has 0 atom stereocenters. The van der Waals surface area contributed by atoms with Crippen LogP contribution < -0.4 is 47.4 Å². The fourth-order valence-electron chi connectivity index (χ4n) is 15.3. The first-order valence-corrected chi connectivity index (χ1v) is 39.6. The van der Waals surface area contributed by atoms with Gasteiger partial charge in [0, 0.05) is 77.1 Å². The number of nitrogens with one attached hydrogen (secondary N) is 1. The minimum atomic E-state index is -0.953. The maximum absolute atomic E-state index is 13.9. The topological polar surface area (TPSA) is 269 Å². The summed E-state index contributed by atoms with van der Waals surface area (Å²) in [5.41, 5.74) is 18.5. The van der Waals surface area contributed by atoms with Gasteiger partial charge in [-0.15, -0.1) is 0 Å². The summed E-state index contributed by atoms with van der Waals surface area (Å²) < 4.78 is 49.9. The maximum atomic E-state index is 13.9. The zero-order valence-corrected chi connectivity index (χ0v) is 69.2. The highest BCUT2D eigenvalue weighted by atomic mass is 79.9. The maximum Gasteiger partial charge on any atom is 0.569 e. The average molecular weight is 1710 g/mol. The zero-order chi connectivity index (χ0) is 84.9. The third kappa shape index (κ3) is 17.9. The van der Waals surface area contributed by atoms with E-state index in [0.29, 0.717) is 72.0 Å². The Bertz CT molecular complexity index is 6790. The lowest BCUT2D eigenvalue weighted by molar-refractivity contribution is 0.394. The zero-order valence-electron chi connectivity index (χ0n) is 67.6. The van der Waals surface area contributed by atoms with Gasteiger partial charge in [-0.3, -0.25) is 23.1 Å². The number of aryl methyl sites for hydroxylation is 6. The second-order valence-corrected chi connectivity index (χ2v) is 29.0. The second kappa shape index (κ2) is 39.1. The molecule has 0 aliphatic rings. The van der Waals surface area contributed by atoms with Crippen LogP contribution in [-0.2, 0) is 24.2 Å². The molecule has 22 nitrogen and oxygen atoms in total. The highest BCUT2D eigenvalue weighted by Crippen LogP contribution is 2.45. The summed E-state index contributed by atoms with van der Waals surface area (Å²) in [5, 5.41) is 8.36. The number of hydrogen-bond donors (Lipinski definition) is 2. The second-order valence-electron chi connectivity index (χ2n) is 28.1. The molecule has 0 aliphatic carbocycles. The highest BCUT2D eigenvalue weighted by Gasteiger charge is 2.43. The number of oxazole rings is 4. The van der Waals surface area contributed by atoms with Gasteiger partial charge < -0.3 is 46.5 Å². The Kier molecular flexibility index (Phi) is 27.9. The van der Waals surface area contributed by atoms with Crippen molar-refractivity contribution in [1.29, 1.82) is 0 Å². The Morgan fingerprint density at radius 1 is 0.382 bits per heavy atom. The van der Waals surface area contributed by atoms with E-state index in [1.165, 1.54) is 6.20 Å². The summed E-state index contributed by atoms with van der Waals surface area (Å²) in [6.07, 6.45) is 6.71. The molecule has 123 heavy (non-hydrogen) atoms. The van der Waals surface area contributed by atoms with Crippen LogP contribution in [0.4, 0.5) is 0 Å². The Labute approximate surface area is 718 Å². The smallest absolute Gasteiger partial charge is 0.536 e. The van der Waals surface area contributed by atoms with Gasteiger partial charge >= 0.3 is 30.7 Å². The van der Waals surface area contributed by atoms with Crippen LogP contribution in [0.3, 0.4) is 0 Å². The van der Waals surface area contributed by atoms with E-state index in [-0.39, 0.29) is 31.9 Å². The third-order valence-electron chi connectivity index (χ3n) is 21.0. The number of methoxy groups -OCH3 is 3. The van der Waals surface area contributed by atoms with E-state index in [0.717, 1.165) is 110 Å². The first kappa shape index (κ1) is 87.7. The minimum absolute atomic E-state index is 0. The van der Waals surface area contributed by atoms with Crippen molar-refractivity contribution < 1.29 is 41.6 Å². The van der Waals surface area contributed by atoms with Gasteiger partial charge in [-0.1, -0.05) is 231 Å². The molecule has 0 saturated carbocycles. The third-order valence-corrected chi connectivity index (χ3v) is 21.5. The Morgan fingerprint density at radius 2 is 0.691 bits per heavy atom. The molecule has 0 aliphatic heterocycles. The quantitative estimate of drug-likeness (QED) is 0.0597. The number of aromatic nitrogens is 8. The predicted molar refractivity (Wildman–Crippen MR) is 488 cm³/mol. The molecule has 18 rings (SSSR count). The number of hydrogen-bond acceptors (Lipinski definition) is 17. The van der Waals surface area contributed by atoms with Crippen LogP contribution in [0.1, 0.15) is 84.3 Å². The van der Waals surface area contributed by atoms with Crippen molar-refractivity contribution in [3.63, 3.8) is 0 Å². The summed E-state index contributed by atoms with van der Waals surface area (Å²) in [5.74, 6) is 0.672. The Morgan fingerprint density at radius 3 is 1.02 bits per heavy atom. The summed E-state index contributed by atoms with van der Waals surface area (Å²) in [7, 11) is 5.36. The molecule has 8 aromatic heterocycles. The SMILES string of the molecule is C.C.CCn1c(=O)oc2cc(-c3c[nH]c(=O)cc3C)ccc21.CCn1c(=O)oc2cc(-c3cnc(OC)cc3C)ccc21.COc1cc(C)c(-c2ccc3c(c2)oc(=O)n3C(c2ccccc2)(c2ccccc2)c2ccccc2)cn1.COc1cc(C)c(O[B]O)cn1.O=c1oc2cc(Br)ccc2n1C(c1ccccc1)(c1ccccc1)c1ccccc1. The molecule has 0 fully saturated rings. The normalized spacial score (nSPS) is 11.0. The molecule has 0 bridgehead atoms. The number of halogens is 1. The van der Waals surface area contributed by atoms with Crippen LogP contribution in [-0.4, -0.2) is 72.2 Å². The van der Waals surface area contributed by atoms with E-state index in [1.54, 1.807) is 70.3 Å². The lowest BCUT2D eigenvalue weighted by atomic mass is 9.76. The van der Waals surface area contributed by atoms with E-state index in [9.17, 15) is 24.0 Å². The first-order valence-electron chi connectivity index (χ1n) is 38.8. The van der Waals surface area contributed by atoms with Crippen molar-refractivity contribution in [2.45, 2.75) is 80.6 Å². The predicted octanol–water partition coefficient (Wildman–Crippen LogP) is 19.9. The van der Waals surface area contributed by atoms with E-state index < -0.39 is 22.6 Å². The minimum Gasteiger partial charge on any atom is -0.536 e. The van der Waals surface area contributed by atoms with Crippen molar-refractivity contribution >= 4 is 68.0 Å². The lowest BCUT2D eigenvalue weighted by Gasteiger charge is -2.36. The number of nitrogens with zero attached hydrogens (tertiary/aromatic N) is 7. The molecule has 2 N–H and O–H groups in total. The van der Waals surface area contributed by atoms with Gasteiger partial charge in [0.1, 0.15) is 16.8 Å². The van der Waals surface area contributed by atoms with Crippen molar-refractivity contribution in [3.8, 4) is 56.8 Å².